The van der Waals surface area contributed by atoms with Gasteiger partial charge in [0.05, 0.1) is 17.9 Å². The lowest BCUT2D eigenvalue weighted by molar-refractivity contribution is -0.142. The molecule has 3 rings (SSSR count). The Hall–Kier alpha value is -1.14. The first-order chi connectivity index (χ1) is 11.1. The van der Waals surface area contributed by atoms with E-state index in [1.807, 2.05) is 0 Å². The van der Waals surface area contributed by atoms with Gasteiger partial charge in [-0.1, -0.05) is 18.0 Å². The molecule has 3 aliphatic rings. The molecular weight excluding hydrogens is 298 g/mol. The summed E-state index contributed by atoms with van der Waals surface area (Å²) in [6.45, 7) is -0.416. The Kier molecular flexibility index (Phi) is 5.21. The lowest BCUT2D eigenvalue weighted by atomic mass is 9.69. The number of nitrogens with zero attached hydrogens (tertiary/aromatic N) is 1. The van der Waals surface area contributed by atoms with E-state index in [0.29, 0.717) is 18.3 Å². The van der Waals surface area contributed by atoms with E-state index in [1.54, 1.807) is 0 Å². The van der Waals surface area contributed by atoms with Crippen LogP contribution in [0.3, 0.4) is 0 Å². The molecule has 0 aliphatic heterocycles. The summed E-state index contributed by atoms with van der Waals surface area (Å²) in [5, 5.41) is 33.1. The first-order valence-electron chi connectivity index (χ1n) is 8.83. The number of hydrogen-bond donors (Lipinski definition) is 3. The van der Waals surface area contributed by atoms with Gasteiger partial charge in [-0.25, -0.2) is 4.79 Å². The van der Waals surface area contributed by atoms with Gasteiger partial charge in [0.15, 0.2) is 0 Å². The van der Waals surface area contributed by atoms with Crippen LogP contribution in [-0.2, 0) is 9.63 Å². The van der Waals surface area contributed by atoms with E-state index in [-0.39, 0.29) is 24.0 Å². The molecule has 3 N–H and O–H groups in total. The molecule has 3 saturated carbocycles. The quantitative estimate of drug-likeness (QED) is 0.620. The van der Waals surface area contributed by atoms with Gasteiger partial charge in [0.1, 0.15) is 0 Å². The lowest BCUT2D eigenvalue weighted by Gasteiger charge is -2.35. The average Bonchev–Trinajstić information content (AvgIpc) is 3.10. The van der Waals surface area contributed by atoms with E-state index in [9.17, 15) is 15.0 Å². The molecule has 6 nitrogen and oxygen atoms in total. The Balaban J connectivity index is 1.46. The third-order valence-electron chi connectivity index (χ3n) is 6.04. The fraction of sp³-hybridized carbons (Fsp3) is 0.882. The number of aliphatic hydroxyl groups is 2. The molecule has 0 aromatic heterocycles. The van der Waals surface area contributed by atoms with Crippen molar-refractivity contribution in [2.45, 2.75) is 63.6 Å². The molecule has 6 heteroatoms. The second kappa shape index (κ2) is 7.18. The van der Waals surface area contributed by atoms with Crippen LogP contribution in [0.1, 0.15) is 51.4 Å². The summed E-state index contributed by atoms with van der Waals surface area (Å²) in [7, 11) is 0. The summed E-state index contributed by atoms with van der Waals surface area (Å²) in [5.74, 6) is 0.289. The minimum atomic E-state index is -1.03. The molecule has 0 spiro atoms. The van der Waals surface area contributed by atoms with Crippen LogP contribution in [0.25, 0.3) is 0 Å². The van der Waals surface area contributed by atoms with E-state index < -0.39 is 12.6 Å². The van der Waals surface area contributed by atoms with Gasteiger partial charge in [-0.2, -0.15) is 0 Å². The standard InChI is InChI=1S/C17H27NO5/c19-15(10-3-1-2-4-10)6-5-11-12-7-14(13(12)8-16(11)20)18-23-9-17(21)22/h10-13,15-16,19-20H,1-9H2,(H,21,22). The minimum absolute atomic E-state index is 0.226. The Morgan fingerprint density at radius 2 is 2.09 bits per heavy atom. The lowest BCUT2D eigenvalue weighted by Crippen LogP contribution is -2.37. The SMILES string of the molecule is O=C(O)CON=C1CC2C1CC(O)C2CCC(O)C1CCCC1. The topological polar surface area (TPSA) is 99.4 Å². The number of carboxylic acid groups (broad SMARTS) is 1. The van der Waals surface area contributed by atoms with Crippen LogP contribution in [0.2, 0.25) is 0 Å². The Labute approximate surface area is 136 Å². The van der Waals surface area contributed by atoms with Crippen molar-refractivity contribution in [3.8, 4) is 0 Å². The van der Waals surface area contributed by atoms with Gasteiger partial charge in [0.25, 0.3) is 0 Å². The predicted octanol–water partition coefficient (Wildman–Crippen LogP) is 1.79. The largest absolute Gasteiger partial charge is 0.479 e. The van der Waals surface area contributed by atoms with Gasteiger partial charge in [0.2, 0.25) is 6.61 Å². The van der Waals surface area contributed by atoms with Crippen LogP contribution in [0.5, 0.6) is 0 Å². The summed E-state index contributed by atoms with van der Waals surface area (Å²) < 4.78 is 0. The van der Waals surface area contributed by atoms with Crippen molar-refractivity contribution in [1.29, 1.82) is 0 Å². The van der Waals surface area contributed by atoms with Gasteiger partial charge < -0.3 is 20.2 Å². The van der Waals surface area contributed by atoms with E-state index in [2.05, 4.69) is 5.16 Å². The molecular formula is C17H27NO5. The molecule has 0 radical (unpaired) electrons. The second-order valence-corrected chi connectivity index (χ2v) is 7.38. The van der Waals surface area contributed by atoms with E-state index in [1.165, 1.54) is 12.8 Å². The van der Waals surface area contributed by atoms with Crippen LogP contribution < -0.4 is 0 Å². The van der Waals surface area contributed by atoms with Crippen molar-refractivity contribution in [2.24, 2.45) is 28.8 Å². The maximum absolute atomic E-state index is 10.4. The highest BCUT2D eigenvalue weighted by Gasteiger charge is 2.51. The molecule has 3 aliphatic carbocycles. The third kappa shape index (κ3) is 3.69. The molecule has 5 atom stereocenters. The van der Waals surface area contributed by atoms with Crippen LogP contribution >= 0.6 is 0 Å². The van der Waals surface area contributed by atoms with Crippen LogP contribution in [0, 0.1) is 23.7 Å². The fourth-order valence-electron chi connectivity index (χ4n) is 4.73. The van der Waals surface area contributed by atoms with Crippen molar-refractivity contribution in [1.82, 2.24) is 0 Å². The van der Waals surface area contributed by atoms with Gasteiger partial charge in [-0.15, -0.1) is 0 Å². The van der Waals surface area contributed by atoms with Crippen molar-refractivity contribution in [3.05, 3.63) is 0 Å². The van der Waals surface area contributed by atoms with Crippen LogP contribution in [0.4, 0.5) is 0 Å². The highest BCUT2D eigenvalue weighted by atomic mass is 16.6. The minimum Gasteiger partial charge on any atom is -0.479 e. The number of carboxylic acids is 1. The second-order valence-electron chi connectivity index (χ2n) is 7.38. The van der Waals surface area contributed by atoms with Crippen molar-refractivity contribution >= 4 is 11.7 Å². The molecule has 5 unspecified atom stereocenters. The zero-order valence-corrected chi connectivity index (χ0v) is 13.4. The molecule has 0 aromatic carbocycles. The fourth-order valence-corrected chi connectivity index (χ4v) is 4.73. The van der Waals surface area contributed by atoms with Crippen molar-refractivity contribution < 1.29 is 25.0 Å². The van der Waals surface area contributed by atoms with Crippen LogP contribution in [0.15, 0.2) is 5.16 Å². The van der Waals surface area contributed by atoms with Crippen LogP contribution in [-0.4, -0.2) is 45.8 Å². The predicted molar refractivity (Wildman–Crippen MR) is 83.9 cm³/mol. The summed E-state index contributed by atoms with van der Waals surface area (Å²) >= 11 is 0. The van der Waals surface area contributed by atoms with E-state index >= 15 is 0 Å². The molecule has 0 heterocycles. The monoisotopic (exact) mass is 325 g/mol. The highest BCUT2D eigenvalue weighted by Crippen LogP contribution is 2.50. The first kappa shape index (κ1) is 16.7. The summed E-state index contributed by atoms with van der Waals surface area (Å²) in [4.78, 5) is 15.2. The highest BCUT2D eigenvalue weighted by molar-refractivity contribution is 5.93. The Bertz CT molecular complexity index is 460. The van der Waals surface area contributed by atoms with Gasteiger partial charge in [0, 0.05) is 5.92 Å². The number of aliphatic carboxylic acids is 1. The Morgan fingerprint density at radius 3 is 2.78 bits per heavy atom. The van der Waals surface area contributed by atoms with Gasteiger partial charge in [-0.05, 0) is 56.3 Å². The summed E-state index contributed by atoms with van der Waals surface area (Å²) in [6, 6.07) is 0. The molecule has 0 aromatic rings. The third-order valence-corrected chi connectivity index (χ3v) is 6.04. The first-order valence-corrected chi connectivity index (χ1v) is 8.83. The zero-order chi connectivity index (χ0) is 16.4. The number of rotatable bonds is 7. The smallest absolute Gasteiger partial charge is 0.344 e. The number of fused-ring (bicyclic) bond motifs is 1. The Morgan fingerprint density at radius 1 is 1.35 bits per heavy atom. The maximum atomic E-state index is 10.4. The van der Waals surface area contributed by atoms with Gasteiger partial charge >= 0.3 is 5.97 Å². The van der Waals surface area contributed by atoms with Crippen molar-refractivity contribution in [3.63, 3.8) is 0 Å². The summed E-state index contributed by atoms with van der Waals surface area (Å²) in [5.41, 5.74) is 0.883. The average molecular weight is 325 g/mol. The van der Waals surface area contributed by atoms with Crippen molar-refractivity contribution in [2.75, 3.05) is 6.61 Å². The maximum Gasteiger partial charge on any atom is 0.344 e. The van der Waals surface area contributed by atoms with E-state index in [4.69, 9.17) is 9.94 Å². The number of carbonyl (C=O) groups is 1. The molecule has 0 bridgehead atoms. The molecule has 0 saturated heterocycles. The molecule has 0 amide bonds. The molecule has 3 fully saturated rings. The van der Waals surface area contributed by atoms with E-state index in [0.717, 1.165) is 37.8 Å². The molecule has 23 heavy (non-hydrogen) atoms. The number of aliphatic hydroxyl groups excluding tert-OH is 2. The number of hydrogen-bond acceptors (Lipinski definition) is 5. The molecule has 130 valence electrons. The van der Waals surface area contributed by atoms with Gasteiger partial charge in [-0.3, -0.25) is 0 Å². The zero-order valence-electron chi connectivity index (χ0n) is 13.4. The normalized spacial score (nSPS) is 36.7. The number of oxime groups is 1. The summed E-state index contributed by atoms with van der Waals surface area (Å²) in [6.07, 6.45) is 7.28.